The number of likely N-dealkylation sites (N-methyl/N-ethyl adjacent to an activating group) is 1. The van der Waals surface area contributed by atoms with Gasteiger partial charge in [0, 0.05) is 36.5 Å². The Morgan fingerprint density at radius 2 is 1.84 bits per heavy atom. The highest BCUT2D eigenvalue weighted by Gasteiger charge is 2.57. The lowest BCUT2D eigenvalue weighted by molar-refractivity contribution is -0.140. The molecule has 3 heterocycles. The van der Waals surface area contributed by atoms with Crippen LogP contribution in [-0.4, -0.2) is 82.5 Å². The van der Waals surface area contributed by atoms with E-state index in [1.807, 2.05) is 56.9 Å². The summed E-state index contributed by atoms with van der Waals surface area (Å²) in [7, 11) is 2.05. The van der Waals surface area contributed by atoms with Crippen LogP contribution in [0.25, 0.3) is 0 Å². The zero-order chi connectivity index (χ0) is 23.2. The zero-order valence-electron chi connectivity index (χ0n) is 19.6. The molecule has 8 heteroatoms. The molecular weight excluding hydrogens is 424 g/mol. The number of nitrogens with zero attached hydrogens (tertiary/aromatic N) is 3. The minimum atomic E-state index is -0.635. The smallest absolute Gasteiger partial charge is 0.256 e. The van der Waals surface area contributed by atoms with Gasteiger partial charge in [0.1, 0.15) is 17.5 Å². The van der Waals surface area contributed by atoms with Crippen molar-refractivity contribution >= 4 is 29.5 Å². The van der Waals surface area contributed by atoms with Crippen LogP contribution in [0, 0.1) is 5.92 Å². The summed E-state index contributed by atoms with van der Waals surface area (Å²) < 4.78 is -0.463. The molecule has 32 heavy (non-hydrogen) atoms. The number of hydrogen-bond acceptors (Lipinski definition) is 5. The highest BCUT2D eigenvalue weighted by molar-refractivity contribution is 8.01. The second kappa shape index (κ2) is 8.71. The maximum absolute atomic E-state index is 13.7. The van der Waals surface area contributed by atoms with E-state index in [1.165, 1.54) is 0 Å². The van der Waals surface area contributed by atoms with E-state index in [1.54, 1.807) is 16.7 Å². The quantitative estimate of drug-likeness (QED) is 0.733. The first-order valence-electron chi connectivity index (χ1n) is 11.5. The first-order valence-corrected chi connectivity index (χ1v) is 12.4. The molecule has 1 aromatic rings. The van der Waals surface area contributed by atoms with Crippen LogP contribution < -0.4 is 5.32 Å². The normalized spacial score (nSPS) is 26.5. The Hall–Kier alpha value is -2.06. The van der Waals surface area contributed by atoms with Crippen molar-refractivity contribution in [3.8, 4) is 0 Å². The van der Waals surface area contributed by atoms with E-state index in [0.717, 1.165) is 25.1 Å². The molecule has 3 aliphatic rings. The first kappa shape index (κ1) is 23.1. The number of rotatable bonds is 5. The number of hydrogen-bond donors (Lipinski definition) is 1. The SMILES string of the molecule is CC[C@H](C)[C@H](NC(=O)[C@H]1N2C(=O)c3ccccc3[C@H]2SC1(C)C)C(=O)N1CCN(C)CC1. The lowest BCUT2D eigenvalue weighted by atomic mass is 9.95. The molecule has 0 aliphatic carbocycles. The Labute approximate surface area is 194 Å². The monoisotopic (exact) mass is 458 g/mol. The van der Waals surface area contributed by atoms with Crippen LogP contribution in [0.15, 0.2) is 24.3 Å². The molecule has 3 amide bonds. The number of benzene rings is 1. The fourth-order valence-electron chi connectivity index (χ4n) is 4.94. The average Bonchev–Trinajstić information content (AvgIpc) is 3.20. The number of amides is 3. The van der Waals surface area contributed by atoms with E-state index in [9.17, 15) is 14.4 Å². The van der Waals surface area contributed by atoms with Crippen LogP contribution in [0.3, 0.4) is 0 Å². The van der Waals surface area contributed by atoms with Crippen LogP contribution in [0.5, 0.6) is 0 Å². The number of carbonyl (C=O) groups is 3. The van der Waals surface area contributed by atoms with Gasteiger partial charge in [-0.15, -0.1) is 11.8 Å². The molecule has 1 N–H and O–H groups in total. The van der Waals surface area contributed by atoms with E-state index < -0.39 is 16.8 Å². The minimum absolute atomic E-state index is 0.00514. The summed E-state index contributed by atoms with van der Waals surface area (Å²) in [5.41, 5.74) is 1.64. The van der Waals surface area contributed by atoms with Gasteiger partial charge in [0.2, 0.25) is 11.8 Å². The fourth-order valence-corrected chi connectivity index (χ4v) is 6.53. The molecule has 174 valence electrons. The van der Waals surface area contributed by atoms with Crippen LogP contribution in [0.4, 0.5) is 0 Å². The summed E-state index contributed by atoms with van der Waals surface area (Å²) in [6.45, 7) is 11.1. The molecule has 0 saturated carbocycles. The number of nitrogens with one attached hydrogen (secondary N) is 1. The number of carbonyl (C=O) groups excluding carboxylic acids is 3. The maximum Gasteiger partial charge on any atom is 0.256 e. The number of fused-ring (bicyclic) bond motifs is 3. The van der Waals surface area contributed by atoms with Crippen LogP contribution in [-0.2, 0) is 9.59 Å². The van der Waals surface area contributed by atoms with E-state index in [4.69, 9.17) is 0 Å². The van der Waals surface area contributed by atoms with Crippen LogP contribution in [0.1, 0.15) is 55.4 Å². The lowest BCUT2D eigenvalue weighted by Gasteiger charge is -2.37. The summed E-state index contributed by atoms with van der Waals surface area (Å²) in [4.78, 5) is 46.1. The van der Waals surface area contributed by atoms with Crippen molar-refractivity contribution in [2.75, 3.05) is 33.2 Å². The second-order valence-corrected chi connectivity index (χ2v) is 11.5. The van der Waals surface area contributed by atoms with Crippen molar-refractivity contribution < 1.29 is 14.4 Å². The Balaban J connectivity index is 1.56. The molecule has 0 unspecified atom stereocenters. The Morgan fingerprint density at radius 1 is 1.19 bits per heavy atom. The van der Waals surface area contributed by atoms with Gasteiger partial charge in [-0.3, -0.25) is 14.4 Å². The summed E-state index contributed by atoms with van der Waals surface area (Å²) in [6.07, 6.45) is 0.782. The predicted molar refractivity (Wildman–Crippen MR) is 126 cm³/mol. The van der Waals surface area contributed by atoms with Crippen molar-refractivity contribution in [3.05, 3.63) is 35.4 Å². The van der Waals surface area contributed by atoms with Crippen LogP contribution >= 0.6 is 11.8 Å². The molecule has 4 atom stereocenters. The largest absolute Gasteiger partial charge is 0.342 e. The topological polar surface area (TPSA) is 73.0 Å². The average molecular weight is 459 g/mol. The van der Waals surface area contributed by atoms with Gasteiger partial charge in [-0.1, -0.05) is 38.5 Å². The zero-order valence-corrected chi connectivity index (χ0v) is 20.4. The van der Waals surface area contributed by atoms with Gasteiger partial charge in [0.25, 0.3) is 5.91 Å². The van der Waals surface area contributed by atoms with Crippen molar-refractivity contribution in [2.45, 2.75) is 56.3 Å². The highest BCUT2D eigenvalue weighted by atomic mass is 32.2. The van der Waals surface area contributed by atoms with Gasteiger partial charge in [-0.2, -0.15) is 0 Å². The summed E-state index contributed by atoms with van der Waals surface area (Å²) in [5, 5.41) is 2.92. The molecule has 4 rings (SSSR count). The van der Waals surface area contributed by atoms with Crippen molar-refractivity contribution in [3.63, 3.8) is 0 Å². The highest BCUT2D eigenvalue weighted by Crippen LogP contribution is 2.56. The molecule has 0 aromatic heterocycles. The van der Waals surface area contributed by atoms with Crippen molar-refractivity contribution in [1.82, 2.24) is 20.0 Å². The van der Waals surface area contributed by atoms with E-state index in [-0.39, 0.29) is 29.0 Å². The third-order valence-electron chi connectivity index (χ3n) is 7.14. The molecule has 0 bridgehead atoms. The second-order valence-electron chi connectivity index (χ2n) is 9.78. The van der Waals surface area contributed by atoms with Crippen molar-refractivity contribution in [2.24, 2.45) is 5.92 Å². The Bertz CT molecular complexity index is 912. The van der Waals surface area contributed by atoms with Gasteiger partial charge in [-0.25, -0.2) is 0 Å². The van der Waals surface area contributed by atoms with Gasteiger partial charge in [0.15, 0.2) is 0 Å². The van der Waals surface area contributed by atoms with E-state index >= 15 is 0 Å². The molecule has 0 spiro atoms. The van der Waals surface area contributed by atoms with Gasteiger partial charge >= 0.3 is 0 Å². The third-order valence-corrected chi connectivity index (χ3v) is 8.67. The standard InChI is InChI=1S/C24H34N4O3S/c1-6-15(2)18(22(31)27-13-11-26(5)12-14-27)25-20(29)19-24(3,4)32-23-17-10-8-7-9-16(17)21(30)28(19)23/h7-10,15,18-19,23H,6,11-14H2,1-5H3,(H,25,29)/t15-,18-,19+,23+/m0/s1. The summed E-state index contributed by atoms with van der Waals surface area (Å²) >= 11 is 1.64. The lowest BCUT2D eigenvalue weighted by Crippen LogP contribution is -2.60. The van der Waals surface area contributed by atoms with Crippen LogP contribution in [0.2, 0.25) is 0 Å². The summed E-state index contributed by atoms with van der Waals surface area (Å²) in [6, 6.07) is 6.37. The Kier molecular flexibility index (Phi) is 6.29. The molecule has 2 fully saturated rings. The fraction of sp³-hybridized carbons (Fsp3) is 0.625. The number of piperazine rings is 1. The minimum Gasteiger partial charge on any atom is -0.342 e. The molecule has 1 aromatic carbocycles. The van der Waals surface area contributed by atoms with Gasteiger partial charge in [-0.05, 0) is 38.4 Å². The van der Waals surface area contributed by atoms with Crippen molar-refractivity contribution in [1.29, 1.82) is 0 Å². The number of thioether (sulfide) groups is 1. The molecule has 7 nitrogen and oxygen atoms in total. The summed E-state index contributed by atoms with van der Waals surface area (Å²) in [5.74, 6) is -0.351. The predicted octanol–water partition coefficient (Wildman–Crippen LogP) is 2.34. The molecule has 0 radical (unpaired) electrons. The van der Waals surface area contributed by atoms with Gasteiger partial charge in [0.05, 0.1) is 0 Å². The van der Waals surface area contributed by atoms with E-state index in [0.29, 0.717) is 18.7 Å². The first-order chi connectivity index (χ1) is 15.2. The molecular formula is C24H34N4O3S. The van der Waals surface area contributed by atoms with Gasteiger partial charge < -0.3 is 20.0 Å². The molecule has 3 aliphatic heterocycles. The third kappa shape index (κ3) is 3.92. The maximum atomic E-state index is 13.7. The Morgan fingerprint density at radius 3 is 2.50 bits per heavy atom. The molecule has 2 saturated heterocycles. The van der Waals surface area contributed by atoms with E-state index in [2.05, 4.69) is 17.3 Å².